The summed E-state index contributed by atoms with van der Waals surface area (Å²) in [4.78, 5) is 11.6. The number of nitrogens with one attached hydrogen (secondary N) is 1. The van der Waals surface area contributed by atoms with Crippen molar-refractivity contribution in [1.82, 2.24) is 5.32 Å². The van der Waals surface area contributed by atoms with Crippen LogP contribution in [0.3, 0.4) is 0 Å². The maximum absolute atomic E-state index is 11.6. The van der Waals surface area contributed by atoms with Gasteiger partial charge < -0.3 is 15.2 Å². The summed E-state index contributed by atoms with van der Waals surface area (Å²) >= 11 is 0. The van der Waals surface area contributed by atoms with Gasteiger partial charge in [0.25, 0.3) is 5.91 Å². The lowest BCUT2D eigenvalue weighted by molar-refractivity contribution is 0.0945. The highest BCUT2D eigenvalue weighted by atomic mass is 16.5. The Bertz CT molecular complexity index is 410. The van der Waals surface area contributed by atoms with Crippen LogP contribution >= 0.6 is 0 Å². The quantitative estimate of drug-likeness (QED) is 0.751. The number of aliphatic hydroxyl groups excluding tert-OH is 1. The van der Waals surface area contributed by atoms with E-state index in [-0.39, 0.29) is 19.1 Å². The number of carbonyl (C=O) groups excluding carboxylic acids is 1. The highest BCUT2D eigenvalue weighted by Gasteiger charge is 2.04. The van der Waals surface area contributed by atoms with Crippen LogP contribution in [0.15, 0.2) is 36.1 Å². The Morgan fingerprint density at radius 3 is 2.61 bits per heavy atom. The Hall–Kier alpha value is -1.81. The van der Waals surface area contributed by atoms with Crippen LogP contribution in [0.5, 0.6) is 0 Å². The standard InChI is InChI=1S/C14H19NO3/c1-11(10-18-2)9-12-3-5-13(6-4-12)14(17)15-7-8-16/h3-6,10,16H,7-9H2,1-2H3,(H,15,17)/b11-10-. The molecule has 4 heteroatoms. The van der Waals surface area contributed by atoms with Gasteiger partial charge in [-0.1, -0.05) is 12.1 Å². The van der Waals surface area contributed by atoms with Gasteiger partial charge in [0.05, 0.1) is 20.0 Å². The highest BCUT2D eigenvalue weighted by Crippen LogP contribution is 2.09. The Balaban J connectivity index is 2.62. The molecule has 1 amide bonds. The first-order valence-electron chi connectivity index (χ1n) is 5.84. The van der Waals surface area contributed by atoms with Gasteiger partial charge in [-0.3, -0.25) is 4.79 Å². The first kappa shape index (κ1) is 14.3. The van der Waals surface area contributed by atoms with Crippen molar-refractivity contribution in [3.05, 3.63) is 47.2 Å². The molecule has 0 fully saturated rings. The van der Waals surface area contributed by atoms with E-state index in [2.05, 4.69) is 5.32 Å². The molecule has 0 atom stereocenters. The van der Waals surface area contributed by atoms with Crippen molar-refractivity contribution in [3.8, 4) is 0 Å². The van der Waals surface area contributed by atoms with Gasteiger partial charge in [0.15, 0.2) is 0 Å². The summed E-state index contributed by atoms with van der Waals surface area (Å²) in [6, 6.07) is 7.39. The van der Waals surface area contributed by atoms with Gasteiger partial charge in [-0.25, -0.2) is 0 Å². The normalized spacial score (nSPS) is 11.2. The Morgan fingerprint density at radius 1 is 1.39 bits per heavy atom. The number of hydrogen-bond acceptors (Lipinski definition) is 3. The number of rotatable bonds is 6. The predicted molar refractivity (Wildman–Crippen MR) is 70.3 cm³/mol. The van der Waals surface area contributed by atoms with Gasteiger partial charge in [-0.15, -0.1) is 0 Å². The first-order valence-corrected chi connectivity index (χ1v) is 5.84. The molecule has 0 spiro atoms. The zero-order valence-corrected chi connectivity index (χ0v) is 10.8. The number of benzene rings is 1. The van der Waals surface area contributed by atoms with Gasteiger partial charge in [0.1, 0.15) is 0 Å². The third-order valence-electron chi connectivity index (χ3n) is 2.42. The fourth-order valence-electron chi connectivity index (χ4n) is 1.61. The van der Waals surface area contributed by atoms with E-state index < -0.39 is 0 Å². The monoisotopic (exact) mass is 249 g/mol. The second-order valence-electron chi connectivity index (χ2n) is 4.05. The van der Waals surface area contributed by atoms with Crippen molar-refractivity contribution < 1.29 is 14.6 Å². The van der Waals surface area contributed by atoms with E-state index in [1.54, 1.807) is 25.5 Å². The summed E-state index contributed by atoms with van der Waals surface area (Å²) in [6.07, 6.45) is 2.51. The molecule has 0 radical (unpaired) electrons. The van der Waals surface area contributed by atoms with Crippen LogP contribution in [-0.2, 0) is 11.2 Å². The van der Waals surface area contributed by atoms with Gasteiger partial charge in [0, 0.05) is 12.1 Å². The lowest BCUT2D eigenvalue weighted by atomic mass is 10.1. The summed E-state index contributed by atoms with van der Waals surface area (Å²) in [5.41, 5.74) is 2.84. The molecule has 98 valence electrons. The van der Waals surface area contributed by atoms with E-state index in [9.17, 15) is 4.79 Å². The first-order chi connectivity index (χ1) is 8.67. The maximum Gasteiger partial charge on any atom is 0.251 e. The molecular weight excluding hydrogens is 230 g/mol. The molecule has 1 aromatic carbocycles. The molecule has 0 saturated heterocycles. The third kappa shape index (κ3) is 4.59. The van der Waals surface area contributed by atoms with Crippen molar-refractivity contribution in [2.45, 2.75) is 13.3 Å². The summed E-state index contributed by atoms with van der Waals surface area (Å²) in [5, 5.41) is 11.2. The van der Waals surface area contributed by atoms with Crippen molar-refractivity contribution in [1.29, 1.82) is 0 Å². The summed E-state index contributed by atoms with van der Waals surface area (Å²) < 4.78 is 4.93. The van der Waals surface area contributed by atoms with Crippen LogP contribution in [0, 0.1) is 0 Å². The second kappa shape index (κ2) is 7.50. The van der Waals surface area contributed by atoms with E-state index in [1.165, 1.54) is 0 Å². The van der Waals surface area contributed by atoms with Crippen LogP contribution < -0.4 is 5.32 Å². The number of hydrogen-bond donors (Lipinski definition) is 2. The van der Waals surface area contributed by atoms with Crippen molar-refractivity contribution >= 4 is 5.91 Å². The van der Waals surface area contributed by atoms with E-state index >= 15 is 0 Å². The van der Waals surface area contributed by atoms with Crippen molar-refractivity contribution in [3.63, 3.8) is 0 Å². The lowest BCUT2D eigenvalue weighted by Crippen LogP contribution is -2.26. The van der Waals surface area contributed by atoms with Crippen LogP contribution in [0.4, 0.5) is 0 Å². The zero-order chi connectivity index (χ0) is 13.4. The minimum Gasteiger partial charge on any atom is -0.504 e. The van der Waals surface area contributed by atoms with Crippen LogP contribution in [0.25, 0.3) is 0 Å². The van der Waals surface area contributed by atoms with Gasteiger partial charge in [0.2, 0.25) is 0 Å². The minimum atomic E-state index is -0.167. The van der Waals surface area contributed by atoms with E-state index in [4.69, 9.17) is 9.84 Å². The number of ether oxygens (including phenoxy) is 1. The Morgan fingerprint density at radius 2 is 2.06 bits per heavy atom. The number of methoxy groups -OCH3 is 1. The molecule has 0 aromatic heterocycles. The Labute approximate surface area is 107 Å². The van der Waals surface area contributed by atoms with Crippen molar-refractivity contribution in [2.75, 3.05) is 20.3 Å². The largest absolute Gasteiger partial charge is 0.504 e. The second-order valence-corrected chi connectivity index (χ2v) is 4.05. The smallest absolute Gasteiger partial charge is 0.251 e. The fraction of sp³-hybridized carbons (Fsp3) is 0.357. The van der Waals surface area contributed by atoms with Crippen LogP contribution in [0.1, 0.15) is 22.8 Å². The number of allylic oxidation sites excluding steroid dienone is 1. The molecule has 0 aliphatic rings. The van der Waals surface area contributed by atoms with Crippen LogP contribution in [-0.4, -0.2) is 31.3 Å². The average Bonchev–Trinajstić information content (AvgIpc) is 2.37. The molecule has 1 aromatic rings. The highest BCUT2D eigenvalue weighted by molar-refractivity contribution is 5.94. The molecule has 0 saturated carbocycles. The number of carbonyl (C=O) groups is 1. The molecular formula is C14H19NO3. The lowest BCUT2D eigenvalue weighted by Gasteiger charge is -2.05. The van der Waals surface area contributed by atoms with Gasteiger partial charge in [-0.2, -0.15) is 0 Å². The Kier molecular flexibility index (Phi) is 5.94. The molecule has 1 rings (SSSR count). The summed E-state index contributed by atoms with van der Waals surface area (Å²) in [6.45, 7) is 2.21. The zero-order valence-electron chi connectivity index (χ0n) is 10.8. The molecule has 0 bridgehead atoms. The number of aliphatic hydroxyl groups is 1. The predicted octanol–water partition coefficient (Wildman–Crippen LogP) is 1.50. The molecule has 2 N–H and O–H groups in total. The molecule has 0 aliphatic heterocycles. The van der Waals surface area contributed by atoms with Gasteiger partial charge >= 0.3 is 0 Å². The molecule has 0 unspecified atom stereocenters. The molecule has 0 aliphatic carbocycles. The summed E-state index contributed by atoms with van der Waals surface area (Å²) in [5.74, 6) is -0.167. The molecule has 0 heterocycles. The van der Waals surface area contributed by atoms with E-state index in [0.29, 0.717) is 5.56 Å². The number of amides is 1. The summed E-state index contributed by atoms with van der Waals surface area (Å²) in [7, 11) is 1.62. The molecule has 18 heavy (non-hydrogen) atoms. The topological polar surface area (TPSA) is 58.6 Å². The van der Waals surface area contributed by atoms with Crippen molar-refractivity contribution in [2.24, 2.45) is 0 Å². The molecule has 4 nitrogen and oxygen atoms in total. The van der Waals surface area contributed by atoms with Gasteiger partial charge in [-0.05, 0) is 36.6 Å². The SMILES string of the molecule is CO/C=C(/C)Cc1ccc(C(=O)NCCO)cc1. The van der Waals surface area contributed by atoms with E-state index in [0.717, 1.165) is 17.6 Å². The fourth-order valence-corrected chi connectivity index (χ4v) is 1.61. The average molecular weight is 249 g/mol. The third-order valence-corrected chi connectivity index (χ3v) is 2.42. The maximum atomic E-state index is 11.6. The van der Waals surface area contributed by atoms with Crippen LogP contribution in [0.2, 0.25) is 0 Å². The minimum absolute atomic E-state index is 0.0508. The van der Waals surface area contributed by atoms with E-state index in [1.807, 2.05) is 19.1 Å².